The van der Waals surface area contributed by atoms with Crippen molar-refractivity contribution >= 4 is 45.6 Å². The summed E-state index contributed by atoms with van der Waals surface area (Å²) in [4.78, 5) is 30.8. The van der Waals surface area contributed by atoms with E-state index in [1.54, 1.807) is 23.3 Å². The number of benzene rings is 1. The van der Waals surface area contributed by atoms with Gasteiger partial charge in [-0.1, -0.05) is 17.7 Å². The van der Waals surface area contributed by atoms with E-state index in [4.69, 9.17) is 16.3 Å². The predicted octanol–water partition coefficient (Wildman–Crippen LogP) is 2.83. The molecule has 2 heterocycles. The predicted molar refractivity (Wildman–Crippen MR) is 106 cm³/mol. The second-order valence-corrected chi connectivity index (χ2v) is 7.55. The first-order chi connectivity index (χ1) is 12.9. The Balaban J connectivity index is 1.61. The molecule has 1 aliphatic rings. The number of carbonyl (C=O) groups excluding carboxylic acids is 2. The van der Waals surface area contributed by atoms with Crippen molar-refractivity contribution in [2.24, 2.45) is 0 Å². The van der Waals surface area contributed by atoms with E-state index < -0.39 is 6.04 Å². The number of rotatable bonds is 5. The molecule has 144 valence electrons. The Morgan fingerprint density at radius 3 is 2.81 bits per heavy atom. The Kier molecular flexibility index (Phi) is 6.30. The Hall–Kier alpha value is -2.16. The quantitative estimate of drug-likeness (QED) is 0.794. The minimum Gasteiger partial charge on any atom is -0.378 e. The van der Waals surface area contributed by atoms with Gasteiger partial charge in [-0.3, -0.25) is 9.59 Å². The van der Waals surface area contributed by atoms with Gasteiger partial charge in [0.05, 0.1) is 13.2 Å². The zero-order chi connectivity index (χ0) is 19.4. The van der Waals surface area contributed by atoms with Crippen molar-refractivity contribution in [3.8, 4) is 0 Å². The Morgan fingerprint density at radius 1 is 1.33 bits per heavy atom. The molecule has 1 unspecified atom stereocenters. The minimum atomic E-state index is -0.621. The first-order valence-corrected chi connectivity index (χ1v) is 9.86. The van der Waals surface area contributed by atoms with Crippen LogP contribution in [0.15, 0.2) is 23.6 Å². The summed E-state index contributed by atoms with van der Waals surface area (Å²) < 4.78 is 5.24. The standard InChI is InChI=1S/C18H21ClN4O3S/c1-11-3-4-13(19)9-14(11)21-18-22-15(10-27-18)16(24)20-12(2)17(25)23-5-7-26-8-6-23/h3-4,9-10,12H,5-8H2,1-2H3,(H,20,24)(H,21,22). The average molecular weight is 409 g/mol. The molecular formula is C18H21ClN4O3S. The second kappa shape index (κ2) is 8.69. The first kappa shape index (κ1) is 19.6. The van der Waals surface area contributed by atoms with Gasteiger partial charge in [-0.2, -0.15) is 0 Å². The zero-order valence-corrected chi connectivity index (χ0v) is 16.7. The van der Waals surface area contributed by atoms with E-state index in [0.29, 0.717) is 36.5 Å². The summed E-state index contributed by atoms with van der Waals surface area (Å²) in [6.07, 6.45) is 0. The average Bonchev–Trinajstić information content (AvgIpc) is 3.13. The number of anilines is 2. The van der Waals surface area contributed by atoms with Gasteiger partial charge in [0.1, 0.15) is 11.7 Å². The highest BCUT2D eigenvalue weighted by Gasteiger charge is 2.24. The van der Waals surface area contributed by atoms with Gasteiger partial charge in [0, 0.05) is 29.2 Å². The maximum atomic E-state index is 12.4. The maximum Gasteiger partial charge on any atom is 0.271 e. The molecule has 1 aliphatic heterocycles. The summed E-state index contributed by atoms with van der Waals surface area (Å²) in [5.74, 6) is -0.494. The lowest BCUT2D eigenvalue weighted by Crippen LogP contribution is -2.50. The van der Waals surface area contributed by atoms with Crippen molar-refractivity contribution in [2.45, 2.75) is 19.9 Å². The van der Waals surface area contributed by atoms with E-state index >= 15 is 0 Å². The lowest BCUT2D eigenvalue weighted by Gasteiger charge is -2.29. The number of ether oxygens (including phenoxy) is 1. The topological polar surface area (TPSA) is 83.6 Å². The van der Waals surface area contributed by atoms with E-state index in [1.807, 2.05) is 19.1 Å². The molecule has 2 N–H and O–H groups in total. The van der Waals surface area contributed by atoms with Crippen LogP contribution in [0.4, 0.5) is 10.8 Å². The third-order valence-electron chi connectivity index (χ3n) is 4.22. The van der Waals surface area contributed by atoms with Crippen molar-refractivity contribution < 1.29 is 14.3 Å². The van der Waals surface area contributed by atoms with Crippen LogP contribution in [0, 0.1) is 6.92 Å². The molecule has 2 amide bonds. The van der Waals surface area contributed by atoms with Gasteiger partial charge in [0.2, 0.25) is 5.91 Å². The lowest BCUT2D eigenvalue weighted by molar-refractivity contribution is -0.136. The molecule has 1 atom stereocenters. The number of aromatic nitrogens is 1. The normalized spacial score (nSPS) is 15.3. The van der Waals surface area contributed by atoms with Crippen LogP contribution < -0.4 is 10.6 Å². The molecular weight excluding hydrogens is 388 g/mol. The second-order valence-electron chi connectivity index (χ2n) is 6.25. The summed E-state index contributed by atoms with van der Waals surface area (Å²) in [6.45, 7) is 5.77. The highest BCUT2D eigenvalue weighted by molar-refractivity contribution is 7.14. The van der Waals surface area contributed by atoms with Gasteiger partial charge < -0.3 is 20.3 Å². The summed E-state index contributed by atoms with van der Waals surface area (Å²) in [5, 5.41) is 8.74. The lowest BCUT2D eigenvalue weighted by atomic mass is 10.2. The van der Waals surface area contributed by atoms with Crippen molar-refractivity contribution in [3.05, 3.63) is 39.9 Å². The molecule has 2 aromatic rings. The monoisotopic (exact) mass is 408 g/mol. The summed E-state index contributed by atoms with van der Waals surface area (Å²) in [6, 6.07) is 4.91. The molecule has 1 aromatic heterocycles. The minimum absolute atomic E-state index is 0.116. The summed E-state index contributed by atoms with van der Waals surface area (Å²) in [7, 11) is 0. The number of hydrogen-bond donors (Lipinski definition) is 2. The number of thiazole rings is 1. The molecule has 0 saturated carbocycles. The molecule has 27 heavy (non-hydrogen) atoms. The molecule has 1 aromatic carbocycles. The molecule has 7 nitrogen and oxygen atoms in total. The van der Waals surface area contributed by atoms with Crippen molar-refractivity contribution in [2.75, 3.05) is 31.6 Å². The summed E-state index contributed by atoms with van der Waals surface area (Å²) >= 11 is 7.34. The number of morpholine rings is 1. The van der Waals surface area contributed by atoms with Crippen LogP contribution in [0.1, 0.15) is 23.0 Å². The fraction of sp³-hybridized carbons (Fsp3) is 0.389. The van der Waals surface area contributed by atoms with Gasteiger partial charge >= 0.3 is 0 Å². The van der Waals surface area contributed by atoms with Gasteiger partial charge in [-0.15, -0.1) is 11.3 Å². The third kappa shape index (κ3) is 4.97. The van der Waals surface area contributed by atoms with E-state index in [1.165, 1.54) is 11.3 Å². The highest BCUT2D eigenvalue weighted by Crippen LogP contribution is 2.26. The number of aryl methyl sites for hydroxylation is 1. The molecule has 3 rings (SSSR count). The van der Waals surface area contributed by atoms with E-state index in [-0.39, 0.29) is 17.5 Å². The van der Waals surface area contributed by atoms with Crippen LogP contribution in [0.25, 0.3) is 0 Å². The van der Waals surface area contributed by atoms with E-state index in [0.717, 1.165) is 11.3 Å². The van der Waals surface area contributed by atoms with Gasteiger partial charge in [-0.05, 0) is 31.5 Å². The number of nitrogens with zero attached hydrogens (tertiary/aromatic N) is 2. The van der Waals surface area contributed by atoms with Crippen LogP contribution in [-0.2, 0) is 9.53 Å². The van der Waals surface area contributed by atoms with Crippen LogP contribution >= 0.6 is 22.9 Å². The van der Waals surface area contributed by atoms with Gasteiger partial charge in [0.15, 0.2) is 5.13 Å². The molecule has 0 radical (unpaired) electrons. The van der Waals surface area contributed by atoms with Crippen molar-refractivity contribution in [3.63, 3.8) is 0 Å². The molecule has 0 spiro atoms. The maximum absolute atomic E-state index is 12.4. The Labute approximate surface area is 166 Å². The summed E-state index contributed by atoms with van der Waals surface area (Å²) in [5.41, 5.74) is 2.12. The SMILES string of the molecule is Cc1ccc(Cl)cc1Nc1nc(C(=O)NC(C)C(=O)N2CCOCC2)cs1. The molecule has 0 bridgehead atoms. The molecule has 1 fully saturated rings. The highest BCUT2D eigenvalue weighted by atomic mass is 35.5. The number of hydrogen-bond acceptors (Lipinski definition) is 6. The Morgan fingerprint density at radius 2 is 2.07 bits per heavy atom. The Bertz CT molecular complexity index is 836. The number of nitrogens with one attached hydrogen (secondary N) is 2. The smallest absolute Gasteiger partial charge is 0.271 e. The number of halogens is 1. The van der Waals surface area contributed by atoms with Crippen LogP contribution in [-0.4, -0.2) is 54.0 Å². The zero-order valence-electron chi connectivity index (χ0n) is 15.1. The number of amides is 2. The fourth-order valence-electron chi connectivity index (χ4n) is 2.67. The molecule has 9 heteroatoms. The van der Waals surface area contributed by atoms with E-state index in [2.05, 4.69) is 15.6 Å². The largest absolute Gasteiger partial charge is 0.378 e. The fourth-order valence-corrected chi connectivity index (χ4v) is 3.54. The van der Waals surface area contributed by atoms with E-state index in [9.17, 15) is 9.59 Å². The van der Waals surface area contributed by atoms with Crippen LogP contribution in [0.5, 0.6) is 0 Å². The first-order valence-electron chi connectivity index (χ1n) is 8.60. The van der Waals surface area contributed by atoms with Crippen LogP contribution in [0.3, 0.4) is 0 Å². The van der Waals surface area contributed by atoms with Crippen molar-refractivity contribution in [1.29, 1.82) is 0 Å². The molecule has 1 saturated heterocycles. The molecule has 0 aliphatic carbocycles. The van der Waals surface area contributed by atoms with Crippen LogP contribution in [0.2, 0.25) is 5.02 Å². The third-order valence-corrected chi connectivity index (χ3v) is 5.21. The van der Waals surface area contributed by atoms with Gasteiger partial charge in [-0.25, -0.2) is 4.98 Å². The number of carbonyl (C=O) groups is 2. The van der Waals surface area contributed by atoms with Crippen molar-refractivity contribution in [1.82, 2.24) is 15.2 Å². The van der Waals surface area contributed by atoms with Gasteiger partial charge in [0.25, 0.3) is 5.91 Å².